The van der Waals surface area contributed by atoms with Crippen LogP contribution in [0.15, 0.2) is 0 Å². The lowest BCUT2D eigenvalue weighted by Gasteiger charge is -2.42. The monoisotopic (exact) mass is 174 g/mol. The lowest BCUT2D eigenvalue weighted by molar-refractivity contribution is 0.119. The number of nitrogens with two attached hydrogens (primary N) is 1. The van der Waals surface area contributed by atoms with E-state index < -0.39 is 0 Å². The summed E-state index contributed by atoms with van der Waals surface area (Å²) >= 11 is 1.51. The lowest BCUT2D eigenvalue weighted by atomic mass is 10.1. The third-order valence-corrected chi connectivity index (χ3v) is 3.21. The molecule has 66 valence electrons. The van der Waals surface area contributed by atoms with Crippen LogP contribution in [0.5, 0.6) is 0 Å². The highest BCUT2D eigenvalue weighted by atomic mass is 32.2. The zero-order valence-corrected chi connectivity index (χ0v) is 8.23. The molecule has 1 rings (SSSR count). The Morgan fingerprint density at radius 2 is 2.00 bits per heavy atom. The maximum atomic E-state index is 5.47. The number of rotatable bonds is 4. The van der Waals surface area contributed by atoms with Gasteiger partial charge in [0.25, 0.3) is 0 Å². The van der Waals surface area contributed by atoms with Gasteiger partial charge in [0, 0.05) is 24.4 Å². The van der Waals surface area contributed by atoms with Crippen molar-refractivity contribution in [1.29, 1.82) is 0 Å². The van der Waals surface area contributed by atoms with Crippen molar-refractivity contribution in [2.75, 3.05) is 13.1 Å². The van der Waals surface area contributed by atoms with E-state index in [0.717, 1.165) is 6.04 Å². The molecule has 0 bridgehead atoms. The summed E-state index contributed by atoms with van der Waals surface area (Å²) in [6, 6.07) is 0.804. The molecule has 1 heterocycles. The minimum Gasteiger partial charge on any atom is -0.298 e. The summed E-state index contributed by atoms with van der Waals surface area (Å²) in [5.41, 5.74) is 0. The predicted octanol–water partition coefficient (Wildman–Crippen LogP) is 1.47. The molecular weight excluding hydrogens is 156 g/mol. The van der Waals surface area contributed by atoms with E-state index in [1.54, 1.807) is 0 Å². The van der Waals surface area contributed by atoms with Crippen LogP contribution in [0.4, 0.5) is 0 Å². The van der Waals surface area contributed by atoms with Gasteiger partial charge in [-0.05, 0) is 12.8 Å². The first-order valence-electron chi connectivity index (χ1n) is 4.41. The molecule has 11 heavy (non-hydrogen) atoms. The Balaban J connectivity index is 2.19. The van der Waals surface area contributed by atoms with Crippen molar-refractivity contribution in [2.45, 2.75) is 38.0 Å². The van der Waals surface area contributed by atoms with Crippen LogP contribution in [-0.2, 0) is 0 Å². The van der Waals surface area contributed by atoms with Gasteiger partial charge in [-0.15, -0.1) is 0 Å². The highest BCUT2D eigenvalue weighted by molar-refractivity contribution is 7.97. The second-order valence-electron chi connectivity index (χ2n) is 3.18. The molecule has 0 aliphatic carbocycles. The minimum atomic E-state index is 0.704. The zero-order valence-electron chi connectivity index (χ0n) is 7.42. The van der Waals surface area contributed by atoms with Gasteiger partial charge in [-0.25, -0.2) is 0 Å². The molecule has 0 amide bonds. The maximum Gasteiger partial charge on any atom is 0.0445 e. The normalized spacial score (nSPS) is 20.7. The molecule has 0 saturated carbocycles. The first kappa shape index (κ1) is 9.36. The fourth-order valence-electron chi connectivity index (χ4n) is 1.66. The van der Waals surface area contributed by atoms with Crippen molar-refractivity contribution in [2.24, 2.45) is 5.14 Å². The van der Waals surface area contributed by atoms with E-state index in [4.69, 9.17) is 5.14 Å². The molecule has 1 saturated heterocycles. The highest BCUT2D eigenvalue weighted by Crippen LogP contribution is 2.22. The first-order chi connectivity index (χ1) is 5.31. The summed E-state index contributed by atoms with van der Waals surface area (Å²) in [5, 5.41) is 6.17. The van der Waals surface area contributed by atoms with Crippen molar-refractivity contribution in [3.63, 3.8) is 0 Å². The Hall–Kier alpha value is 0.270. The SMILES string of the molecule is CCC(CC)N1CC(SN)C1. The van der Waals surface area contributed by atoms with Gasteiger partial charge in [-0.3, -0.25) is 10.0 Å². The van der Waals surface area contributed by atoms with Gasteiger partial charge < -0.3 is 0 Å². The Morgan fingerprint density at radius 3 is 2.36 bits per heavy atom. The number of hydrogen-bond acceptors (Lipinski definition) is 3. The summed E-state index contributed by atoms with van der Waals surface area (Å²) in [6.07, 6.45) is 2.55. The third-order valence-electron chi connectivity index (χ3n) is 2.53. The van der Waals surface area contributed by atoms with Gasteiger partial charge in [-0.1, -0.05) is 25.8 Å². The van der Waals surface area contributed by atoms with Crippen LogP contribution in [0.2, 0.25) is 0 Å². The van der Waals surface area contributed by atoms with Gasteiger partial charge in [-0.2, -0.15) is 0 Å². The minimum absolute atomic E-state index is 0.704. The molecule has 0 aromatic carbocycles. The fraction of sp³-hybridized carbons (Fsp3) is 1.00. The van der Waals surface area contributed by atoms with Crippen molar-refractivity contribution in [3.05, 3.63) is 0 Å². The largest absolute Gasteiger partial charge is 0.298 e. The second-order valence-corrected chi connectivity index (χ2v) is 4.12. The van der Waals surface area contributed by atoms with Crippen molar-refractivity contribution in [3.8, 4) is 0 Å². The topological polar surface area (TPSA) is 29.3 Å². The van der Waals surface area contributed by atoms with Crippen molar-refractivity contribution < 1.29 is 0 Å². The summed E-state index contributed by atoms with van der Waals surface area (Å²) < 4.78 is 0. The van der Waals surface area contributed by atoms with Crippen LogP contribution in [0.1, 0.15) is 26.7 Å². The molecule has 0 spiro atoms. The van der Waals surface area contributed by atoms with E-state index in [2.05, 4.69) is 18.7 Å². The third kappa shape index (κ3) is 2.10. The highest BCUT2D eigenvalue weighted by Gasteiger charge is 2.29. The molecule has 1 fully saturated rings. The van der Waals surface area contributed by atoms with Crippen molar-refractivity contribution in [1.82, 2.24) is 4.90 Å². The Bertz CT molecular complexity index is 109. The summed E-state index contributed by atoms with van der Waals surface area (Å²) in [6.45, 7) is 6.93. The predicted molar refractivity (Wildman–Crippen MR) is 51.5 cm³/mol. The van der Waals surface area contributed by atoms with Gasteiger partial charge in [0.05, 0.1) is 0 Å². The van der Waals surface area contributed by atoms with Crippen LogP contribution in [0.3, 0.4) is 0 Å². The summed E-state index contributed by atoms with van der Waals surface area (Å²) in [7, 11) is 0. The van der Waals surface area contributed by atoms with E-state index >= 15 is 0 Å². The molecule has 2 nitrogen and oxygen atoms in total. The number of hydrogen-bond donors (Lipinski definition) is 1. The molecule has 3 heteroatoms. The lowest BCUT2D eigenvalue weighted by Crippen LogP contribution is -2.54. The summed E-state index contributed by atoms with van der Waals surface area (Å²) in [4.78, 5) is 2.53. The average Bonchev–Trinajstić information content (AvgIpc) is 1.95. The van der Waals surface area contributed by atoms with Gasteiger partial charge >= 0.3 is 0 Å². The van der Waals surface area contributed by atoms with E-state index in [-0.39, 0.29) is 0 Å². The van der Waals surface area contributed by atoms with E-state index in [9.17, 15) is 0 Å². The molecule has 1 aliphatic heterocycles. The summed E-state index contributed by atoms with van der Waals surface area (Å²) in [5.74, 6) is 0. The van der Waals surface area contributed by atoms with E-state index in [1.807, 2.05) is 0 Å². The Kier molecular flexibility index (Phi) is 3.69. The number of likely N-dealkylation sites (tertiary alicyclic amines) is 1. The van der Waals surface area contributed by atoms with E-state index in [1.165, 1.54) is 37.9 Å². The standard InChI is InChI=1S/C8H18N2S/c1-3-7(4-2)10-5-8(6-10)11-9/h7-8H,3-6,9H2,1-2H3. The zero-order chi connectivity index (χ0) is 8.27. The smallest absolute Gasteiger partial charge is 0.0445 e. The van der Waals surface area contributed by atoms with Crippen LogP contribution in [0.25, 0.3) is 0 Å². The molecule has 1 aliphatic rings. The van der Waals surface area contributed by atoms with Gasteiger partial charge in [0.15, 0.2) is 0 Å². The van der Waals surface area contributed by atoms with E-state index in [0.29, 0.717) is 5.25 Å². The first-order valence-corrected chi connectivity index (χ1v) is 5.35. The number of nitrogens with zero attached hydrogens (tertiary/aromatic N) is 1. The molecule has 2 N–H and O–H groups in total. The molecule has 0 aromatic heterocycles. The molecular formula is C8H18N2S. The fourth-order valence-corrected chi connectivity index (χ4v) is 2.21. The quantitative estimate of drug-likeness (QED) is 0.654. The molecule has 0 radical (unpaired) electrons. The second kappa shape index (κ2) is 4.33. The van der Waals surface area contributed by atoms with Gasteiger partial charge in [0.1, 0.15) is 0 Å². The molecule has 0 aromatic rings. The van der Waals surface area contributed by atoms with Crippen LogP contribution in [-0.4, -0.2) is 29.3 Å². The van der Waals surface area contributed by atoms with Crippen LogP contribution >= 0.6 is 11.9 Å². The Morgan fingerprint density at radius 1 is 1.45 bits per heavy atom. The Labute approximate surface area is 73.6 Å². The molecule has 0 unspecified atom stereocenters. The van der Waals surface area contributed by atoms with Crippen LogP contribution < -0.4 is 5.14 Å². The average molecular weight is 174 g/mol. The maximum absolute atomic E-state index is 5.47. The molecule has 0 atom stereocenters. The van der Waals surface area contributed by atoms with Crippen LogP contribution in [0, 0.1) is 0 Å². The van der Waals surface area contributed by atoms with Crippen molar-refractivity contribution >= 4 is 11.9 Å². The van der Waals surface area contributed by atoms with Gasteiger partial charge in [0.2, 0.25) is 0 Å².